The number of ether oxygens (including phenoxy) is 1. The number of aliphatic imine (C=N–C) groups is 2. The lowest BCUT2D eigenvalue weighted by molar-refractivity contribution is 0.446. The summed E-state index contributed by atoms with van der Waals surface area (Å²) in [7, 11) is 0. The van der Waals surface area contributed by atoms with Gasteiger partial charge in [-0.15, -0.1) is 0 Å². The first-order valence-corrected chi connectivity index (χ1v) is 16.1. The molecule has 4 aromatic rings. The molecule has 230 valence electrons. The second-order valence-corrected chi connectivity index (χ2v) is 11.9. The first-order valence-electron chi connectivity index (χ1n) is 16.1. The number of rotatable bonds is 8. The highest BCUT2D eigenvalue weighted by Gasteiger charge is 2.34. The first-order chi connectivity index (χ1) is 23.3. The Labute approximate surface area is 275 Å². The van der Waals surface area contributed by atoms with Crippen LogP contribution in [-0.2, 0) is 6.54 Å². The molecular formula is C41H35N5O. The topological polar surface area (TPSA) is 61.3 Å². The van der Waals surface area contributed by atoms with Crippen molar-refractivity contribution in [2.75, 3.05) is 10.3 Å². The first kappa shape index (κ1) is 28.7. The van der Waals surface area contributed by atoms with E-state index in [4.69, 9.17) is 9.73 Å². The van der Waals surface area contributed by atoms with E-state index in [-0.39, 0.29) is 0 Å². The van der Waals surface area contributed by atoms with Crippen molar-refractivity contribution < 1.29 is 4.74 Å². The molecular weight excluding hydrogens is 578 g/mol. The lowest BCUT2D eigenvalue weighted by Crippen LogP contribution is -2.60. The monoisotopic (exact) mass is 613 g/mol. The molecule has 6 heteroatoms. The fourth-order valence-corrected chi connectivity index (χ4v) is 6.64. The number of fused-ring (bicyclic) bond motifs is 2. The van der Waals surface area contributed by atoms with Crippen LogP contribution in [0.15, 0.2) is 161 Å². The summed E-state index contributed by atoms with van der Waals surface area (Å²) in [5.74, 6) is 1.41. The molecule has 0 aromatic heterocycles. The Morgan fingerprint density at radius 3 is 2.62 bits per heavy atom. The number of allylic oxidation sites excluding steroid dienone is 6. The van der Waals surface area contributed by atoms with Crippen LogP contribution in [0.4, 0.5) is 11.4 Å². The molecule has 4 aliphatic rings. The molecule has 0 bridgehead atoms. The van der Waals surface area contributed by atoms with Crippen LogP contribution < -0.4 is 20.5 Å². The lowest BCUT2D eigenvalue weighted by atomic mass is 9.92. The maximum absolute atomic E-state index is 6.34. The van der Waals surface area contributed by atoms with E-state index >= 15 is 0 Å². The van der Waals surface area contributed by atoms with Crippen molar-refractivity contribution in [2.24, 2.45) is 9.98 Å². The highest BCUT2D eigenvalue weighted by molar-refractivity contribution is 6.19. The number of hydrogen-bond acceptors (Lipinski definition) is 6. The van der Waals surface area contributed by atoms with Crippen molar-refractivity contribution in [2.45, 2.75) is 31.8 Å². The van der Waals surface area contributed by atoms with Gasteiger partial charge in [0.15, 0.2) is 5.76 Å². The van der Waals surface area contributed by atoms with Gasteiger partial charge in [-0.05, 0) is 79.6 Å². The van der Waals surface area contributed by atoms with Crippen molar-refractivity contribution in [1.82, 2.24) is 5.43 Å². The summed E-state index contributed by atoms with van der Waals surface area (Å²) >= 11 is 0. The molecule has 1 unspecified atom stereocenters. The number of nitrogens with one attached hydrogen (secondary N) is 2. The molecule has 6 nitrogen and oxygen atoms in total. The number of benzene rings is 4. The van der Waals surface area contributed by atoms with Crippen LogP contribution in [0.25, 0.3) is 11.3 Å². The number of para-hydroxylation sites is 2. The van der Waals surface area contributed by atoms with Gasteiger partial charge in [0.2, 0.25) is 0 Å². The van der Waals surface area contributed by atoms with E-state index in [2.05, 4.69) is 106 Å². The molecule has 0 spiro atoms. The molecule has 1 fully saturated rings. The highest BCUT2D eigenvalue weighted by atomic mass is 16.5. The van der Waals surface area contributed by atoms with Gasteiger partial charge in [0.1, 0.15) is 17.2 Å². The van der Waals surface area contributed by atoms with E-state index in [0.717, 1.165) is 58.8 Å². The molecule has 0 saturated carbocycles. The molecule has 0 amide bonds. The van der Waals surface area contributed by atoms with Gasteiger partial charge in [0, 0.05) is 28.1 Å². The molecule has 2 N–H and O–H groups in total. The summed E-state index contributed by atoms with van der Waals surface area (Å²) in [5.41, 5.74) is 15.3. The van der Waals surface area contributed by atoms with Crippen molar-refractivity contribution in [3.8, 4) is 5.75 Å². The molecule has 1 atom stereocenters. The van der Waals surface area contributed by atoms with E-state index < -0.39 is 0 Å². The quantitative estimate of drug-likeness (QED) is 0.195. The van der Waals surface area contributed by atoms with E-state index in [1.54, 1.807) is 0 Å². The van der Waals surface area contributed by atoms with Gasteiger partial charge < -0.3 is 10.1 Å². The number of hydrogen-bond donors (Lipinski definition) is 2. The maximum Gasteiger partial charge on any atom is 0.179 e. The zero-order valence-corrected chi connectivity index (χ0v) is 26.1. The Morgan fingerprint density at radius 2 is 1.74 bits per heavy atom. The van der Waals surface area contributed by atoms with E-state index in [1.165, 1.54) is 22.5 Å². The predicted octanol–water partition coefficient (Wildman–Crippen LogP) is 8.85. The Bertz CT molecular complexity index is 2050. The standard InChI is InChI=1S/C41H35N5O/c1-42-39(29-15-3-2-4-16-29)41-40(33-20-7-12-25-38(33)47-41)43-27-28-14-13-17-30(26-28)44-34-21-8-5-18-31(34)32-19-6-10-23-36(32)46-37-24-11-9-22-35(37)45-46/h2-4,6-17,19-21,23-26,35,44-45H,1,5,18,22,27H2/b41-39+,43-40?. The smallest absolute Gasteiger partial charge is 0.179 e. The lowest BCUT2D eigenvalue weighted by Gasteiger charge is -2.46. The second kappa shape index (κ2) is 12.6. The minimum atomic E-state index is 0.394. The molecule has 2 aliphatic heterocycles. The summed E-state index contributed by atoms with van der Waals surface area (Å²) in [6.45, 7) is 4.35. The van der Waals surface area contributed by atoms with Gasteiger partial charge in [-0.25, -0.2) is 5.43 Å². The van der Waals surface area contributed by atoms with Gasteiger partial charge in [-0.1, -0.05) is 91.0 Å². The number of nitrogens with zero attached hydrogens (tertiary/aromatic N) is 3. The Morgan fingerprint density at radius 1 is 0.915 bits per heavy atom. The Hall–Kier alpha value is -5.72. The summed E-state index contributed by atoms with van der Waals surface area (Å²) in [6, 6.07) is 35.6. The molecule has 4 aromatic carbocycles. The molecule has 0 radical (unpaired) electrons. The predicted molar refractivity (Wildman–Crippen MR) is 193 cm³/mol. The fraction of sp³-hybridized carbons (Fsp3) is 0.122. The molecule has 2 aliphatic carbocycles. The Balaban J connectivity index is 1.10. The van der Waals surface area contributed by atoms with E-state index in [1.807, 2.05) is 54.6 Å². The largest absolute Gasteiger partial charge is 0.452 e. The van der Waals surface area contributed by atoms with Gasteiger partial charge in [0.05, 0.1) is 24.0 Å². The summed E-state index contributed by atoms with van der Waals surface area (Å²) in [4.78, 5) is 9.49. The zero-order valence-electron chi connectivity index (χ0n) is 26.1. The number of hydrazine groups is 1. The van der Waals surface area contributed by atoms with Crippen molar-refractivity contribution in [3.63, 3.8) is 0 Å². The fourth-order valence-electron chi connectivity index (χ4n) is 6.64. The van der Waals surface area contributed by atoms with Gasteiger partial charge in [-0.2, -0.15) is 0 Å². The molecule has 47 heavy (non-hydrogen) atoms. The van der Waals surface area contributed by atoms with E-state index in [9.17, 15) is 0 Å². The van der Waals surface area contributed by atoms with Crippen LogP contribution in [0, 0.1) is 0 Å². The van der Waals surface area contributed by atoms with Gasteiger partial charge in [-0.3, -0.25) is 15.0 Å². The third kappa shape index (κ3) is 5.53. The van der Waals surface area contributed by atoms with Gasteiger partial charge >= 0.3 is 0 Å². The summed E-state index contributed by atoms with van der Waals surface area (Å²) < 4.78 is 6.34. The molecule has 2 heterocycles. The third-order valence-corrected chi connectivity index (χ3v) is 8.93. The third-order valence-electron chi connectivity index (χ3n) is 8.93. The van der Waals surface area contributed by atoms with Crippen molar-refractivity contribution in [3.05, 3.63) is 173 Å². The van der Waals surface area contributed by atoms with Crippen LogP contribution >= 0.6 is 0 Å². The average molecular weight is 614 g/mol. The number of anilines is 2. The van der Waals surface area contributed by atoms with Gasteiger partial charge in [0.25, 0.3) is 0 Å². The Kier molecular flexibility index (Phi) is 7.69. The summed E-state index contributed by atoms with van der Waals surface area (Å²) in [6.07, 6.45) is 14.1. The minimum absolute atomic E-state index is 0.394. The van der Waals surface area contributed by atoms with Crippen LogP contribution in [0.1, 0.15) is 41.5 Å². The highest BCUT2D eigenvalue weighted by Crippen LogP contribution is 2.40. The van der Waals surface area contributed by atoms with Crippen LogP contribution in [-0.4, -0.2) is 18.5 Å². The normalized spacial score (nSPS) is 19.8. The minimum Gasteiger partial charge on any atom is -0.452 e. The van der Waals surface area contributed by atoms with Crippen LogP contribution in [0.2, 0.25) is 0 Å². The zero-order chi connectivity index (χ0) is 31.6. The van der Waals surface area contributed by atoms with E-state index in [0.29, 0.717) is 24.0 Å². The second-order valence-electron chi connectivity index (χ2n) is 11.9. The van der Waals surface area contributed by atoms with Crippen molar-refractivity contribution in [1.29, 1.82) is 0 Å². The van der Waals surface area contributed by atoms with Crippen LogP contribution in [0.5, 0.6) is 5.75 Å². The maximum atomic E-state index is 6.34. The average Bonchev–Trinajstić information content (AvgIpc) is 3.47. The van der Waals surface area contributed by atoms with Crippen LogP contribution in [0.3, 0.4) is 0 Å². The molecule has 1 saturated heterocycles. The summed E-state index contributed by atoms with van der Waals surface area (Å²) in [5, 5.41) is 5.99. The SMILES string of the molecule is C=N/C(=C1/Oc2ccccc2C1=NCc1cccc(NC2=C(c3ccccc3N3NC4CC=CC=C43)CCC=C2)c1)c1ccccc1. The molecule has 8 rings (SSSR count). The van der Waals surface area contributed by atoms with Crippen molar-refractivity contribution >= 4 is 35.1 Å².